The van der Waals surface area contributed by atoms with Gasteiger partial charge in [0.25, 0.3) is 0 Å². The van der Waals surface area contributed by atoms with Gasteiger partial charge in [0.15, 0.2) is 0 Å². The molecular weight excluding hydrogens is 254 g/mol. The number of aromatic nitrogens is 3. The lowest BCUT2D eigenvalue weighted by Crippen LogP contribution is -2.55. The Bertz CT molecular complexity index is 720. The predicted molar refractivity (Wildman–Crippen MR) is 75.8 cm³/mol. The van der Waals surface area contributed by atoms with Crippen LogP contribution >= 0.6 is 0 Å². The van der Waals surface area contributed by atoms with Gasteiger partial charge in [0.1, 0.15) is 0 Å². The van der Waals surface area contributed by atoms with E-state index in [1.54, 1.807) is 16.4 Å². The van der Waals surface area contributed by atoms with Crippen LogP contribution in [-0.4, -0.2) is 13.9 Å². The minimum absolute atomic E-state index is 0.0430. The third-order valence-electron chi connectivity index (χ3n) is 6.09. The van der Waals surface area contributed by atoms with Crippen molar-refractivity contribution in [1.82, 2.24) is 13.9 Å². The van der Waals surface area contributed by atoms with Crippen LogP contribution < -0.4 is 11.4 Å². The minimum Gasteiger partial charge on any atom is -0.246 e. The van der Waals surface area contributed by atoms with Gasteiger partial charge in [-0.3, -0.25) is 0 Å². The zero-order chi connectivity index (χ0) is 14.2. The number of hydrogen-bond acceptors (Lipinski definition) is 2. The molecule has 2 aliphatic carbocycles. The van der Waals surface area contributed by atoms with E-state index in [1.807, 2.05) is 0 Å². The summed E-state index contributed by atoms with van der Waals surface area (Å²) in [5.41, 5.74) is -0.185. The smallest absolute Gasteiger partial charge is 0.246 e. The molecule has 0 aromatic carbocycles. The van der Waals surface area contributed by atoms with E-state index in [0.29, 0.717) is 11.8 Å². The van der Waals surface area contributed by atoms with Crippen LogP contribution in [0.15, 0.2) is 21.7 Å². The van der Waals surface area contributed by atoms with Gasteiger partial charge in [-0.2, -0.15) is 0 Å². The van der Waals surface area contributed by atoms with Gasteiger partial charge < -0.3 is 0 Å². The van der Waals surface area contributed by atoms with Crippen molar-refractivity contribution in [2.45, 2.75) is 45.2 Å². The molecule has 0 radical (unpaired) electrons. The molecule has 0 spiro atoms. The van der Waals surface area contributed by atoms with Gasteiger partial charge in [-0.05, 0) is 24.7 Å². The van der Waals surface area contributed by atoms with Crippen molar-refractivity contribution in [3.8, 4) is 0 Å². The molecule has 0 unspecified atom stereocenters. The van der Waals surface area contributed by atoms with Gasteiger partial charge in [0, 0.05) is 12.5 Å². The lowest BCUT2D eigenvalue weighted by atomic mass is 9.59. The van der Waals surface area contributed by atoms with Gasteiger partial charge in [-0.1, -0.05) is 32.4 Å². The Morgan fingerprint density at radius 2 is 1.90 bits per heavy atom. The van der Waals surface area contributed by atoms with Gasteiger partial charge in [0.05, 0.1) is 12.1 Å². The van der Waals surface area contributed by atoms with Gasteiger partial charge in [-0.25, -0.2) is 23.5 Å². The first kappa shape index (κ1) is 12.2. The first-order valence-corrected chi connectivity index (χ1v) is 7.58. The van der Waals surface area contributed by atoms with Crippen molar-refractivity contribution < 1.29 is 0 Å². The topological polar surface area (TPSA) is 48.9 Å². The molecule has 4 aliphatic rings. The monoisotopic (exact) mass is 275 g/mol. The molecule has 5 heteroatoms. The lowest BCUT2D eigenvalue weighted by Gasteiger charge is -2.54. The average Bonchev–Trinajstić information content (AvgIpc) is 2.99. The average molecular weight is 275 g/mol. The molecule has 20 heavy (non-hydrogen) atoms. The Hall–Kier alpha value is -1.52. The zero-order valence-electron chi connectivity index (χ0n) is 12.2. The fourth-order valence-corrected chi connectivity index (χ4v) is 5.19. The summed E-state index contributed by atoms with van der Waals surface area (Å²) in [5.74, 6) is 1.01. The van der Waals surface area contributed by atoms with Gasteiger partial charge in [-0.15, -0.1) is 0 Å². The van der Waals surface area contributed by atoms with E-state index in [9.17, 15) is 9.59 Å². The van der Waals surface area contributed by atoms with E-state index in [1.165, 1.54) is 17.4 Å². The Kier molecular flexibility index (Phi) is 2.18. The fourth-order valence-electron chi connectivity index (χ4n) is 5.19. The molecule has 5 rings (SSSR count). The maximum absolute atomic E-state index is 12.4. The third-order valence-corrected chi connectivity index (χ3v) is 6.09. The molecule has 0 saturated heterocycles. The van der Waals surface area contributed by atoms with Crippen molar-refractivity contribution in [1.29, 1.82) is 0 Å². The molecule has 108 valence electrons. The Labute approximate surface area is 117 Å². The van der Waals surface area contributed by atoms with Crippen LogP contribution in [0, 0.1) is 17.3 Å². The van der Waals surface area contributed by atoms with Crippen LogP contribution in [0.2, 0.25) is 0 Å². The first-order chi connectivity index (χ1) is 9.50. The molecule has 3 heterocycles. The predicted octanol–water partition coefficient (Wildman–Crippen LogP) is 1.46. The Balaban J connectivity index is 2.06. The van der Waals surface area contributed by atoms with Crippen molar-refractivity contribution in [3.05, 3.63) is 33.1 Å². The molecule has 0 N–H and O–H groups in total. The highest BCUT2D eigenvalue weighted by molar-refractivity contribution is 5.21. The van der Waals surface area contributed by atoms with E-state index in [4.69, 9.17) is 0 Å². The molecule has 2 bridgehead atoms. The zero-order valence-corrected chi connectivity index (χ0v) is 12.2. The first-order valence-electron chi connectivity index (χ1n) is 7.58. The van der Waals surface area contributed by atoms with E-state index in [-0.39, 0.29) is 28.9 Å². The SMILES string of the molecule is CC(C)[C@@]12CCC[C@@H]1[C@H]1C=C[C@H]2n2c(=O)n(C)c(=O)n21. The summed E-state index contributed by atoms with van der Waals surface area (Å²) in [6.45, 7) is 4.53. The summed E-state index contributed by atoms with van der Waals surface area (Å²) in [6, 6.07) is 0.104. The van der Waals surface area contributed by atoms with Crippen LogP contribution in [0.25, 0.3) is 0 Å². The molecule has 1 aromatic rings. The van der Waals surface area contributed by atoms with Crippen LogP contribution in [0.1, 0.15) is 45.2 Å². The second-order valence-corrected chi connectivity index (χ2v) is 6.90. The summed E-state index contributed by atoms with van der Waals surface area (Å²) >= 11 is 0. The Morgan fingerprint density at radius 1 is 1.20 bits per heavy atom. The van der Waals surface area contributed by atoms with Gasteiger partial charge >= 0.3 is 11.4 Å². The van der Waals surface area contributed by atoms with Crippen LogP contribution in [0.3, 0.4) is 0 Å². The van der Waals surface area contributed by atoms with Crippen molar-refractivity contribution in [2.24, 2.45) is 24.3 Å². The van der Waals surface area contributed by atoms with Crippen molar-refractivity contribution >= 4 is 0 Å². The minimum atomic E-state index is -0.168. The second-order valence-electron chi connectivity index (χ2n) is 6.90. The maximum atomic E-state index is 12.4. The van der Waals surface area contributed by atoms with Crippen LogP contribution in [0.4, 0.5) is 0 Å². The summed E-state index contributed by atoms with van der Waals surface area (Å²) < 4.78 is 4.69. The van der Waals surface area contributed by atoms with Crippen LogP contribution in [0.5, 0.6) is 0 Å². The molecule has 5 nitrogen and oxygen atoms in total. The normalized spacial score (nSPS) is 37.5. The van der Waals surface area contributed by atoms with E-state index >= 15 is 0 Å². The molecular formula is C15H21N3O2. The van der Waals surface area contributed by atoms with Crippen molar-refractivity contribution in [2.75, 3.05) is 0 Å². The largest absolute Gasteiger partial charge is 0.347 e. The van der Waals surface area contributed by atoms with E-state index < -0.39 is 0 Å². The number of nitrogens with zero attached hydrogens (tertiary/aromatic N) is 3. The highest BCUT2D eigenvalue weighted by Gasteiger charge is 2.59. The summed E-state index contributed by atoms with van der Waals surface area (Å²) in [7, 11) is 1.58. The third kappa shape index (κ3) is 1.08. The van der Waals surface area contributed by atoms with Crippen molar-refractivity contribution in [3.63, 3.8) is 0 Å². The molecule has 1 aromatic heterocycles. The van der Waals surface area contributed by atoms with Gasteiger partial charge in [0.2, 0.25) is 0 Å². The number of rotatable bonds is 1. The highest BCUT2D eigenvalue weighted by Crippen LogP contribution is 2.63. The maximum Gasteiger partial charge on any atom is 0.347 e. The fraction of sp³-hybridized carbons (Fsp3) is 0.733. The lowest BCUT2D eigenvalue weighted by molar-refractivity contribution is -0.0189. The Morgan fingerprint density at radius 3 is 2.60 bits per heavy atom. The molecule has 4 atom stereocenters. The number of hydrogen-bond donors (Lipinski definition) is 0. The van der Waals surface area contributed by atoms with E-state index in [0.717, 1.165) is 6.42 Å². The molecule has 0 amide bonds. The summed E-state index contributed by atoms with van der Waals surface area (Å²) in [6.07, 6.45) is 7.86. The molecule has 2 aliphatic heterocycles. The second kappa shape index (κ2) is 3.57. The molecule has 1 fully saturated rings. The number of allylic oxidation sites excluding steroid dienone is 2. The van der Waals surface area contributed by atoms with Crippen LogP contribution in [-0.2, 0) is 7.05 Å². The highest BCUT2D eigenvalue weighted by atomic mass is 16.2. The standard InChI is InChI=1S/C15H21N3O2/c1-9(2)15-8-4-5-10(15)11-6-7-12(15)18-14(20)16(3)13(19)17(11)18/h6-7,9-12H,4-5,8H2,1-3H3/t10-,11-,12-,15+/m1/s1. The van der Waals surface area contributed by atoms with E-state index in [2.05, 4.69) is 26.0 Å². The summed E-state index contributed by atoms with van der Waals surface area (Å²) in [4.78, 5) is 24.8. The summed E-state index contributed by atoms with van der Waals surface area (Å²) in [5, 5.41) is 0. The molecule has 1 saturated carbocycles. The quantitative estimate of drug-likeness (QED) is 0.728.